The third-order valence-electron chi connectivity index (χ3n) is 4.32. The molecule has 2 aromatic rings. The maximum absolute atomic E-state index is 12.5. The second kappa shape index (κ2) is 14.7. The predicted molar refractivity (Wildman–Crippen MR) is 126 cm³/mol. The van der Waals surface area contributed by atoms with E-state index < -0.39 is 5.97 Å². The van der Waals surface area contributed by atoms with E-state index in [2.05, 4.69) is 32.1 Å². The van der Waals surface area contributed by atoms with Crippen LogP contribution in [0, 0.1) is 0 Å². The molecule has 0 saturated carbocycles. The average molecular weight is 421 g/mol. The van der Waals surface area contributed by atoms with Crippen LogP contribution in [0.2, 0.25) is 0 Å². The summed E-state index contributed by atoms with van der Waals surface area (Å²) in [5.74, 6) is 0.638. The Hall–Kier alpha value is -3.27. The van der Waals surface area contributed by atoms with Gasteiger partial charge >= 0.3 is 5.97 Å². The number of benzene rings is 2. The second-order valence-electron chi connectivity index (χ2n) is 6.78. The van der Waals surface area contributed by atoms with Gasteiger partial charge in [-0.05, 0) is 37.8 Å². The van der Waals surface area contributed by atoms with Crippen LogP contribution in [0.25, 0.3) is 5.76 Å². The zero-order valence-electron chi connectivity index (χ0n) is 18.5. The Balaban J connectivity index is 2.09. The van der Waals surface area contributed by atoms with Crippen molar-refractivity contribution in [1.29, 1.82) is 0 Å². The maximum Gasteiger partial charge on any atom is 0.341 e. The third kappa shape index (κ3) is 8.95. The summed E-state index contributed by atoms with van der Waals surface area (Å²) < 4.78 is 17.2. The molecule has 0 bridgehead atoms. The van der Waals surface area contributed by atoms with Crippen molar-refractivity contribution in [3.8, 4) is 5.75 Å². The summed E-state index contributed by atoms with van der Waals surface area (Å²) in [4.78, 5) is 12.5. The van der Waals surface area contributed by atoms with Gasteiger partial charge in [-0.2, -0.15) is 0 Å². The lowest BCUT2D eigenvalue weighted by molar-refractivity contribution is 0.0508. The average Bonchev–Trinajstić information content (AvgIpc) is 2.81. The standard InChI is InChI=1S/C27H32O4/c1-3-5-7-14-20-29-26(23-16-10-9-11-17-23)22-31-25-19-13-12-18-24(25)27(28)30-21-15-8-6-4-2/h5-13,16-19,22H,3-4,14-15,20-21H2,1-2H3/b7-5-,8-6-,26-22+. The summed E-state index contributed by atoms with van der Waals surface area (Å²) >= 11 is 0. The van der Waals surface area contributed by atoms with Gasteiger partial charge in [-0.1, -0.05) is 80.6 Å². The molecule has 4 heteroatoms. The molecule has 0 aliphatic rings. The number of hydrogen-bond acceptors (Lipinski definition) is 4. The minimum absolute atomic E-state index is 0.336. The largest absolute Gasteiger partial charge is 0.489 e. The summed E-state index contributed by atoms with van der Waals surface area (Å²) in [5.41, 5.74) is 1.29. The minimum Gasteiger partial charge on any atom is -0.489 e. The highest BCUT2D eigenvalue weighted by atomic mass is 16.5. The van der Waals surface area contributed by atoms with Gasteiger partial charge in [0.2, 0.25) is 0 Å². The highest BCUT2D eigenvalue weighted by Crippen LogP contribution is 2.22. The molecule has 0 aliphatic carbocycles. The highest BCUT2D eigenvalue weighted by molar-refractivity contribution is 5.92. The molecule has 2 aromatic carbocycles. The quantitative estimate of drug-likeness (QED) is 0.152. The van der Waals surface area contributed by atoms with Gasteiger partial charge in [-0.3, -0.25) is 0 Å². The topological polar surface area (TPSA) is 44.8 Å². The van der Waals surface area contributed by atoms with Gasteiger partial charge < -0.3 is 14.2 Å². The molecule has 0 N–H and O–H groups in total. The van der Waals surface area contributed by atoms with Crippen molar-refractivity contribution in [3.05, 3.63) is 96.3 Å². The third-order valence-corrected chi connectivity index (χ3v) is 4.32. The molecule has 2 rings (SSSR count). The van der Waals surface area contributed by atoms with Crippen molar-refractivity contribution >= 4 is 11.7 Å². The Morgan fingerprint density at radius 1 is 0.774 bits per heavy atom. The number of para-hydroxylation sites is 1. The Kier molecular flexibility index (Phi) is 11.4. The van der Waals surface area contributed by atoms with Crippen molar-refractivity contribution in [3.63, 3.8) is 0 Å². The van der Waals surface area contributed by atoms with E-state index in [0.717, 1.165) is 24.8 Å². The van der Waals surface area contributed by atoms with Gasteiger partial charge in [-0.25, -0.2) is 4.79 Å². The van der Waals surface area contributed by atoms with E-state index in [1.54, 1.807) is 24.5 Å². The molecule has 31 heavy (non-hydrogen) atoms. The van der Waals surface area contributed by atoms with E-state index in [9.17, 15) is 4.79 Å². The fourth-order valence-electron chi connectivity index (χ4n) is 2.75. The first-order valence-electron chi connectivity index (χ1n) is 10.9. The number of hydrogen-bond donors (Lipinski definition) is 0. The molecule has 0 radical (unpaired) electrons. The van der Waals surface area contributed by atoms with Crippen LogP contribution in [0.4, 0.5) is 0 Å². The number of allylic oxidation sites excluding steroid dienone is 2. The Bertz CT molecular complexity index is 866. The van der Waals surface area contributed by atoms with Crippen LogP contribution in [-0.4, -0.2) is 19.2 Å². The molecular formula is C27H32O4. The first kappa shape index (κ1) is 24.0. The normalized spacial score (nSPS) is 11.7. The predicted octanol–water partition coefficient (Wildman–Crippen LogP) is 6.95. The van der Waals surface area contributed by atoms with Crippen LogP contribution in [0.15, 0.2) is 85.2 Å². The van der Waals surface area contributed by atoms with E-state index >= 15 is 0 Å². The highest BCUT2D eigenvalue weighted by Gasteiger charge is 2.13. The summed E-state index contributed by atoms with van der Waals surface area (Å²) in [5, 5.41) is 0. The lowest BCUT2D eigenvalue weighted by atomic mass is 10.2. The fourth-order valence-corrected chi connectivity index (χ4v) is 2.75. The summed E-state index contributed by atoms with van der Waals surface area (Å²) in [6.07, 6.45) is 13.3. The second-order valence-corrected chi connectivity index (χ2v) is 6.78. The lowest BCUT2D eigenvalue weighted by Crippen LogP contribution is -2.08. The molecule has 0 fully saturated rings. The number of carbonyl (C=O) groups excluding carboxylic acids is 1. The Morgan fingerprint density at radius 2 is 1.39 bits per heavy atom. The van der Waals surface area contributed by atoms with Crippen molar-refractivity contribution in [1.82, 2.24) is 0 Å². The summed E-state index contributed by atoms with van der Waals surface area (Å²) in [6, 6.07) is 16.8. The molecule has 0 aromatic heterocycles. The monoisotopic (exact) mass is 420 g/mol. The number of rotatable bonds is 13. The van der Waals surface area contributed by atoms with Crippen molar-refractivity contribution in [2.75, 3.05) is 13.2 Å². The van der Waals surface area contributed by atoms with Crippen molar-refractivity contribution in [2.24, 2.45) is 0 Å². The fraction of sp³-hybridized carbons (Fsp3) is 0.296. The summed E-state index contributed by atoms with van der Waals surface area (Å²) in [6.45, 7) is 5.04. The zero-order valence-corrected chi connectivity index (χ0v) is 18.5. The van der Waals surface area contributed by atoms with Gasteiger partial charge in [0.1, 0.15) is 17.6 Å². The SMILES string of the molecule is CC/C=C\CCOC(=O)c1ccccc1O/C=C(/OCC/C=C\CC)c1ccccc1. The van der Waals surface area contributed by atoms with E-state index in [1.165, 1.54) is 0 Å². The van der Waals surface area contributed by atoms with Gasteiger partial charge in [-0.15, -0.1) is 0 Å². The van der Waals surface area contributed by atoms with Gasteiger partial charge in [0.15, 0.2) is 5.76 Å². The zero-order chi connectivity index (χ0) is 22.2. The van der Waals surface area contributed by atoms with Gasteiger partial charge in [0.05, 0.1) is 13.2 Å². The Labute approximate surface area is 185 Å². The molecule has 0 aliphatic heterocycles. The van der Waals surface area contributed by atoms with E-state index in [0.29, 0.717) is 36.7 Å². The molecule has 0 unspecified atom stereocenters. The molecule has 0 atom stereocenters. The van der Waals surface area contributed by atoms with Crippen LogP contribution >= 0.6 is 0 Å². The minimum atomic E-state index is -0.402. The van der Waals surface area contributed by atoms with Gasteiger partial charge in [0.25, 0.3) is 0 Å². The number of carbonyl (C=O) groups is 1. The van der Waals surface area contributed by atoms with Crippen LogP contribution in [0.1, 0.15) is 55.5 Å². The Morgan fingerprint density at radius 3 is 2.06 bits per heavy atom. The summed E-state index contributed by atoms with van der Waals surface area (Å²) in [7, 11) is 0. The maximum atomic E-state index is 12.5. The van der Waals surface area contributed by atoms with Crippen molar-refractivity contribution < 1.29 is 19.0 Å². The first-order valence-corrected chi connectivity index (χ1v) is 10.9. The lowest BCUT2D eigenvalue weighted by Gasteiger charge is -2.12. The molecule has 0 spiro atoms. The van der Waals surface area contributed by atoms with Gasteiger partial charge in [0, 0.05) is 5.56 Å². The van der Waals surface area contributed by atoms with Crippen LogP contribution < -0.4 is 4.74 Å². The van der Waals surface area contributed by atoms with E-state index in [4.69, 9.17) is 14.2 Å². The molecular weight excluding hydrogens is 388 g/mol. The first-order chi connectivity index (χ1) is 15.3. The van der Waals surface area contributed by atoms with Crippen LogP contribution in [0.5, 0.6) is 5.75 Å². The molecule has 4 nitrogen and oxygen atoms in total. The van der Waals surface area contributed by atoms with E-state index in [-0.39, 0.29) is 0 Å². The number of ether oxygens (including phenoxy) is 3. The smallest absolute Gasteiger partial charge is 0.341 e. The molecule has 164 valence electrons. The number of esters is 1. The molecule has 0 heterocycles. The molecule has 0 amide bonds. The van der Waals surface area contributed by atoms with Crippen molar-refractivity contribution in [2.45, 2.75) is 39.5 Å². The van der Waals surface area contributed by atoms with Crippen LogP contribution in [-0.2, 0) is 9.47 Å². The van der Waals surface area contributed by atoms with E-state index in [1.807, 2.05) is 42.5 Å². The van der Waals surface area contributed by atoms with Crippen LogP contribution in [0.3, 0.4) is 0 Å². The molecule has 0 saturated heterocycles.